The van der Waals surface area contributed by atoms with Gasteiger partial charge in [-0.2, -0.15) is 5.10 Å². The fraction of sp³-hybridized carbons (Fsp3) is 0.600. The number of methoxy groups -OCH3 is 1. The zero-order valence-electron chi connectivity index (χ0n) is 19.6. The summed E-state index contributed by atoms with van der Waals surface area (Å²) in [6.45, 7) is 8.66. The average Bonchev–Trinajstić information content (AvgIpc) is 3.16. The molecule has 32 heavy (non-hydrogen) atoms. The number of rotatable bonds is 8. The Morgan fingerprint density at radius 3 is 2.88 bits per heavy atom. The van der Waals surface area contributed by atoms with E-state index in [4.69, 9.17) is 14.6 Å². The predicted octanol–water partition coefficient (Wildman–Crippen LogP) is 2.71. The van der Waals surface area contributed by atoms with Gasteiger partial charge in [0.25, 0.3) is 5.91 Å². The topological polar surface area (TPSA) is 68.6 Å². The number of morpholine rings is 1. The van der Waals surface area contributed by atoms with Crippen LogP contribution in [0.25, 0.3) is 0 Å². The van der Waals surface area contributed by atoms with Gasteiger partial charge in [0, 0.05) is 36.9 Å². The summed E-state index contributed by atoms with van der Waals surface area (Å²) in [5.74, 6) is 1.45. The fourth-order valence-electron chi connectivity index (χ4n) is 4.70. The summed E-state index contributed by atoms with van der Waals surface area (Å²) < 4.78 is 12.9. The quantitative estimate of drug-likeness (QED) is 0.684. The van der Waals surface area contributed by atoms with Gasteiger partial charge in [0.2, 0.25) is 0 Å². The predicted molar refractivity (Wildman–Crippen MR) is 124 cm³/mol. The highest BCUT2D eigenvalue weighted by molar-refractivity contribution is 5.94. The molecule has 0 unspecified atom stereocenters. The second-order valence-corrected chi connectivity index (χ2v) is 9.25. The molecule has 174 valence electrons. The van der Waals surface area contributed by atoms with Crippen LogP contribution < -0.4 is 10.1 Å². The lowest BCUT2D eigenvalue weighted by Gasteiger charge is -2.28. The van der Waals surface area contributed by atoms with E-state index < -0.39 is 0 Å². The minimum absolute atomic E-state index is 0.0593. The van der Waals surface area contributed by atoms with Crippen molar-refractivity contribution in [3.05, 3.63) is 46.8 Å². The fourth-order valence-corrected chi connectivity index (χ4v) is 4.70. The van der Waals surface area contributed by atoms with Gasteiger partial charge in [0.1, 0.15) is 5.75 Å². The third-order valence-electron chi connectivity index (χ3n) is 6.37. The van der Waals surface area contributed by atoms with Crippen LogP contribution in [-0.2, 0) is 30.5 Å². The van der Waals surface area contributed by atoms with E-state index in [0.29, 0.717) is 44.0 Å². The molecule has 0 spiro atoms. The lowest BCUT2D eigenvalue weighted by Crippen LogP contribution is -2.42. The van der Waals surface area contributed by atoms with Crippen molar-refractivity contribution in [1.29, 1.82) is 0 Å². The van der Waals surface area contributed by atoms with E-state index in [1.807, 2.05) is 17.0 Å². The van der Waals surface area contributed by atoms with Crippen molar-refractivity contribution in [1.82, 2.24) is 20.0 Å². The molecule has 1 aliphatic carbocycles. The summed E-state index contributed by atoms with van der Waals surface area (Å²) in [5.41, 5.74) is 4.32. The van der Waals surface area contributed by atoms with Gasteiger partial charge in [-0.15, -0.1) is 0 Å². The molecular weight excluding hydrogens is 404 g/mol. The summed E-state index contributed by atoms with van der Waals surface area (Å²) in [4.78, 5) is 15.2. The first-order valence-electron chi connectivity index (χ1n) is 11.9. The molecule has 2 aliphatic rings. The van der Waals surface area contributed by atoms with E-state index in [1.165, 1.54) is 11.3 Å². The summed E-state index contributed by atoms with van der Waals surface area (Å²) in [6, 6.07) is 8.60. The lowest BCUT2D eigenvalue weighted by atomic mass is 9.90. The van der Waals surface area contributed by atoms with Crippen molar-refractivity contribution in [2.24, 2.45) is 5.92 Å². The zero-order valence-corrected chi connectivity index (χ0v) is 19.6. The summed E-state index contributed by atoms with van der Waals surface area (Å²) >= 11 is 0. The number of fused-ring (bicyclic) bond motifs is 1. The number of carbonyl (C=O) groups is 1. The van der Waals surface area contributed by atoms with E-state index in [0.717, 1.165) is 50.1 Å². The van der Waals surface area contributed by atoms with Gasteiger partial charge >= 0.3 is 0 Å². The first-order valence-corrected chi connectivity index (χ1v) is 11.9. The molecule has 4 rings (SSSR count). The molecular formula is C25H36N4O3. The van der Waals surface area contributed by atoms with Crippen LogP contribution in [0.5, 0.6) is 5.75 Å². The van der Waals surface area contributed by atoms with Gasteiger partial charge in [-0.3, -0.25) is 9.48 Å². The first kappa shape index (κ1) is 22.8. The SMILES string of the molecule is COc1cccc(CCN[C@H]2CCc3c(c(C(=O)N4CCOCC4)nn3CC(C)C)C2)c1. The van der Waals surface area contributed by atoms with Crippen LogP contribution >= 0.6 is 0 Å². The molecule has 1 aromatic carbocycles. The maximum absolute atomic E-state index is 13.3. The van der Waals surface area contributed by atoms with E-state index in [9.17, 15) is 4.79 Å². The first-order chi connectivity index (χ1) is 15.5. The molecule has 7 heteroatoms. The van der Waals surface area contributed by atoms with E-state index in [2.05, 4.69) is 36.0 Å². The minimum atomic E-state index is 0.0593. The summed E-state index contributed by atoms with van der Waals surface area (Å²) in [5, 5.41) is 8.55. The molecule has 1 aromatic heterocycles. The van der Waals surface area contributed by atoms with Crippen molar-refractivity contribution >= 4 is 5.91 Å². The van der Waals surface area contributed by atoms with E-state index in [1.54, 1.807) is 7.11 Å². The normalized spacial score (nSPS) is 18.6. The number of amides is 1. The van der Waals surface area contributed by atoms with Crippen LogP contribution in [0, 0.1) is 5.92 Å². The molecule has 1 N–H and O–H groups in total. The second-order valence-electron chi connectivity index (χ2n) is 9.25. The Bertz CT molecular complexity index is 918. The Kier molecular flexibility index (Phi) is 7.48. The van der Waals surface area contributed by atoms with Gasteiger partial charge in [-0.25, -0.2) is 0 Å². The molecule has 7 nitrogen and oxygen atoms in total. The van der Waals surface area contributed by atoms with Crippen LogP contribution in [0.4, 0.5) is 0 Å². The molecule has 1 atom stereocenters. The highest BCUT2D eigenvalue weighted by Gasteiger charge is 2.31. The van der Waals surface area contributed by atoms with Gasteiger partial charge in [-0.05, 0) is 55.8 Å². The number of hydrogen-bond acceptors (Lipinski definition) is 5. The molecule has 0 bridgehead atoms. The van der Waals surface area contributed by atoms with Crippen LogP contribution in [-0.4, -0.2) is 66.6 Å². The number of ether oxygens (including phenoxy) is 2. The van der Waals surface area contributed by atoms with Crippen molar-refractivity contribution < 1.29 is 14.3 Å². The smallest absolute Gasteiger partial charge is 0.274 e. The Hall–Kier alpha value is -2.38. The summed E-state index contributed by atoms with van der Waals surface area (Å²) in [7, 11) is 1.70. The second kappa shape index (κ2) is 10.5. The van der Waals surface area contributed by atoms with E-state index >= 15 is 0 Å². The molecule has 2 aromatic rings. The third kappa shape index (κ3) is 5.33. The maximum atomic E-state index is 13.3. The minimum Gasteiger partial charge on any atom is -0.497 e. The monoisotopic (exact) mass is 440 g/mol. The molecule has 2 heterocycles. The maximum Gasteiger partial charge on any atom is 0.274 e. The number of nitrogens with zero attached hydrogens (tertiary/aromatic N) is 3. The van der Waals surface area contributed by atoms with Gasteiger partial charge in [-0.1, -0.05) is 26.0 Å². The Morgan fingerprint density at radius 2 is 2.12 bits per heavy atom. The van der Waals surface area contributed by atoms with Crippen LogP contribution in [0.2, 0.25) is 0 Å². The van der Waals surface area contributed by atoms with Crippen LogP contribution in [0.3, 0.4) is 0 Å². The van der Waals surface area contributed by atoms with Crippen molar-refractivity contribution in [2.75, 3.05) is 40.0 Å². The number of carbonyl (C=O) groups excluding carboxylic acids is 1. The Labute approximate surface area is 191 Å². The largest absolute Gasteiger partial charge is 0.497 e. The average molecular weight is 441 g/mol. The number of aromatic nitrogens is 2. The lowest BCUT2D eigenvalue weighted by molar-refractivity contribution is 0.0297. The van der Waals surface area contributed by atoms with Crippen LogP contribution in [0.15, 0.2) is 24.3 Å². The Balaban J connectivity index is 1.45. The Morgan fingerprint density at radius 1 is 1.31 bits per heavy atom. The van der Waals surface area contributed by atoms with Gasteiger partial charge < -0.3 is 19.7 Å². The van der Waals surface area contributed by atoms with Crippen molar-refractivity contribution in [2.45, 2.75) is 52.1 Å². The molecule has 0 saturated carbocycles. The standard InChI is InChI=1S/C25H36N4O3/c1-18(2)17-29-23-8-7-20(26-10-9-19-5-4-6-21(15-19)31-3)16-22(23)24(27-29)25(30)28-11-13-32-14-12-28/h4-6,15,18,20,26H,7-14,16-17H2,1-3H3/t20-/m0/s1. The zero-order chi connectivity index (χ0) is 22.5. The number of benzene rings is 1. The van der Waals surface area contributed by atoms with E-state index in [-0.39, 0.29) is 5.91 Å². The van der Waals surface area contributed by atoms with Gasteiger partial charge in [0.05, 0.1) is 20.3 Å². The molecule has 1 saturated heterocycles. The number of hydrogen-bond donors (Lipinski definition) is 1. The highest BCUT2D eigenvalue weighted by atomic mass is 16.5. The van der Waals surface area contributed by atoms with Crippen molar-refractivity contribution in [3.8, 4) is 5.75 Å². The molecule has 1 fully saturated rings. The summed E-state index contributed by atoms with van der Waals surface area (Å²) in [6.07, 6.45) is 3.84. The highest BCUT2D eigenvalue weighted by Crippen LogP contribution is 2.27. The number of nitrogens with one attached hydrogen (secondary N) is 1. The third-order valence-corrected chi connectivity index (χ3v) is 6.37. The van der Waals surface area contributed by atoms with Crippen LogP contribution in [0.1, 0.15) is 47.6 Å². The molecule has 1 aliphatic heterocycles. The molecule has 1 amide bonds. The molecule has 0 radical (unpaired) electrons. The van der Waals surface area contributed by atoms with Crippen molar-refractivity contribution in [3.63, 3.8) is 0 Å². The van der Waals surface area contributed by atoms with Gasteiger partial charge in [0.15, 0.2) is 5.69 Å².